The molecule has 1 saturated carbocycles. The van der Waals surface area contributed by atoms with Gasteiger partial charge in [-0.25, -0.2) is 4.98 Å². The summed E-state index contributed by atoms with van der Waals surface area (Å²) in [5.74, 6) is 0.697. The Bertz CT molecular complexity index is 794. The molecular weight excluding hydrogens is 340 g/mol. The molecule has 1 aromatic carbocycles. The third-order valence-electron chi connectivity index (χ3n) is 5.21. The number of aryl methyl sites for hydroxylation is 1. The molecule has 0 unspecified atom stereocenters. The van der Waals surface area contributed by atoms with Crippen LogP contribution in [0.4, 0.5) is 0 Å². The minimum absolute atomic E-state index is 0.0563. The molecule has 1 aromatic heterocycles. The number of carbonyl (C=O) groups is 1. The number of rotatable bonds is 8. The second kappa shape index (κ2) is 10.2. The average Bonchev–Trinajstić information content (AvgIpc) is 2.94. The molecule has 1 heterocycles. The molecule has 6 heteroatoms. The SMILES string of the molecule is O=C(CCCc1nc2ccccc2c(=O)[nH]1)NCCNC1CCCCCC1. The van der Waals surface area contributed by atoms with Gasteiger partial charge in [0.05, 0.1) is 10.9 Å². The van der Waals surface area contributed by atoms with Gasteiger partial charge < -0.3 is 15.6 Å². The minimum Gasteiger partial charge on any atom is -0.355 e. The summed E-state index contributed by atoms with van der Waals surface area (Å²) in [6.07, 6.45) is 9.55. The number of hydrogen-bond donors (Lipinski definition) is 3. The third-order valence-corrected chi connectivity index (χ3v) is 5.21. The molecule has 0 aliphatic heterocycles. The standard InChI is InChI=1S/C21H30N4O2/c26-20(23-15-14-22-16-8-3-1-2-4-9-16)13-7-12-19-24-18-11-6-5-10-17(18)21(27)25-19/h5-6,10-11,16,22H,1-4,7-9,12-15H2,(H,23,26)(H,24,25,27). The lowest BCUT2D eigenvalue weighted by Gasteiger charge is -2.16. The quantitative estimate of drug-likeness (QED) is 0.492. The third kappa shape index (κ3) is 6.17. The molecule has 6 nitrogen and oxygen atoms in total. The van der Waals surface area contributed by atoms with E-state index < -0.39 is 0 Å². The van der Waals surface area contributed by atoms with Crippen molar-refractivity contribution in [2.75, 3.05) is 13.1 Å². The molecular formula is C21H30N4O2. The second-order valence-corrected chi connectivity index (χ2v) is 7.38. The van der Waals surface area contributed by atoms with E-state index in [1.165, 1.54) is 38.5 Å². The maximum atomic E-state index is 12.0. The summed E-state index contributed by atoms with van der Waals surface area (Å²) >= 11 is 0. The van der Waals surface area contributed by atoms with Gasteiger partial charge in [-0.3, -0.25) is 9.59 Å². The van der Waals surface area contributed by atoms with Gasteiger partial charge in [0.15, 0.2) is 0 Å². The molecule has 0 spiro atoms. The number of fused-ring (bicyclic) bond motifs is 1. The lowest BCUT2D eigenvalue weighted by molar-refractivity contribution is -0.121. The number of aromatic amines is 1. The van der Waals surface area contributed by atoms with Crippen molar-refractivity contribution >= 4 is 16.8 Å². The average molecular weight is 370 g/mol. The molecule has 1 amide bonds. The van der Waals surface area contributed by atoms with E-state index in [4.69, 9.17) is 0 Å². The van der Waals surface area contributed by atoms with Crippen LogP contribution in [0.25, 0.3) is 10.9 Å². The Hall–Kier alpha value is -2.21. The van der Waals surface area contributed by atoms with Crippen molar-refractivity contribution < 1.29 is 4.79 Å². The molecule has 3 N–H and O–H groups in total. The van der Waals surface area contributed by atoms with Crippen molar-refractivity contribution in [2.24, 2.45) is 0 Å². The lowest BCUT2D eigenvalue weighted by Crippen LogP contribution is -2.36. The molecule has 0 saturated heterocycles. The van der Waals surface area contributed by atoms with Crippen LogP contribution in [0.15, 0.2) is 29.1 Å². The van der Waals surface area contributed by atoms with Gasteiger partial charge in [-0.15, -0.1) is 0 Å². The van der Waals surface area contributed by atoms with Crippen LogP contribution in [0.1, 0.15) is 57.2 Å². The van der Waals surface area contributed by atoms with Crippen molar-refractivity contribution in [2.45, 2.75) is 63.8 Å². The fourth-order valence-corrected chi connectivity index (χ4v) is 3.72. The number of H-pyrrole nitrogens is 1. The van der Waals surface area contributed by atoms with E-state index in [1.54, 1.807) is 6.07 Å². The lowest BCUT2D eigenvalue weighted by atomic mass is 10.1. The molecule has 146 valence electrons. The highest BCUT2D eigenvalue weighted by molar-refractivity contribution is 5.77. The van der Waals surface area contributed by atoms with E-state index in [-0.39, 0.29) is 11.5 Å². The largest absolute Gasteiger partial charge is 0.355 e. The first kappa shape index (κ1) is 19.5. The molecule has 1 fully saturated rings. The van der Waals surface area contributed by atoms with Crippen molar-refractivity contribution in [1.29, 1.82) is 0 Å². The Morgan fingerprint density at radius 3 is 2.70 bits per heavy atom. The first-order chi connectivity index (χ1) is 13.2. The molecule has 0 atom stereocenters. The van der Waals surface area contributed by atoms with Crippen LogP contribution in [0, 0.1) is 0 Å². The molecule has 1 aliphatic carbocycles. The van der Waals surface area contributed by atoms with Crippen LogP contribution in [0.3, 0.4) is 0 Å². The highest BCUT2D eigenvalue weighted by atomic mass is 16.1. The van der Waals surface area contributed by atoms with Crippen LogP contribution in [-0.2, 0) is 11.2 Å². The van der Waals surface area contributed by atoms with E-state index in [1.807, 2.05) is 18.2 Å². The molecule has 1 aliphatic rings. The fourth-order valence-electron chi connectivity index (χ4n) is 3.72. The Kier molecular flexibility index (Phi) is 7.39. The molecule has 2 aromatic rings. The first-order valence-corrected chi connectivity index (χ1v) is 10.2. The maximum absolute atomic E-state index is 12.0. The number of aromatic nitrogens is 2. The molecule has 27 heavy (non-hydrogen) atoms. The van der Waals surface area contributed by atoms with E-state index in [9.17, 15) is 9.59 Å². The highest BCUT2D eigenvalue weighted by Crippen LogP contribution is 2.16. The minimum atomic E-state index is -0.121. The Morgan fingerprint density at radius 1 is 1.11 bits per heavy atom. The molecule has 0 bridgehead atoms. The number of hydrogen-bond acceptors (Lipinski definition) is 4. The van der Waals surface area contributed by atoms with Gasteiger partial charge in [0.25, 0.3) is 5.56 Å². The van der Waals surface area contributed by atoms with Gasteiger partial charge in [-0.2, -0.15) is 0 Å². The van der Waals surface area contributed by atoms with Crippen LogP contribution in [0.2, 0.25) is 0 Å². The van der Waals surface area contributed by atoms with Crippen LogP contribution < -0.4 is 16.2 Å². The number of para-hydroxylation sites is 1. The number of amides is 1. The summed E-state index contributed by atoms with van der Waals surface area (Å²) < 4.78 is 0. The van der Waals surface area contributed by atoms with Gasteiger partial charge >= 0.3 is 0 Å². The van der Waals surface area contributed by atoms with Crippen molar-refractivity contribution in [3.8, 4) is 0 Å². The van der Waals surface area contributed by atoms with Crippen molar-refractivity contribution in [3.63, 3.8) is 0 Å². The topological polar surface area (TPSA) is 86.9 Å². The Labute approximate surface area is 160 Å². The second-order valence-electron chi connectivity index (χ2n) is 7.38. The molecule has 3 rings (SSSR count). The summed E-state index contributed by atoms with van der Waals surface area (Å²) in [6, 6.07) is 7.91. The van der Waals surface area contributed by atoms with Crippen molar-refractivity contribution in [1.82, 2.24) is 20.6 Å². The predicted molar refractivity (Wildman–Crippen MR) is 108 cm³/mol. The normalized spacial score (nSPS) is 15.6. The molecule has 0 radical (unpaired) electrons. The van der Waals surface area contributed by atoms with Crippen molar-refractivity contribution in [3.05, 3.63) is 40.4 Å². The van der Waals surface area contributed by atoms with Crippen LogP contribution in [0.5, 0.6) is 0 Å². The number of nitrogens with one attached hydrogen (secondary N) is 3. The fraction of sp³-hybridized carbons (Fsp3) is 0.571. The summed E-state index contributed by atoms with van der Waals surface area (Å²) in [4.78, 5) is 31.3. The van der Waals surface area contributed by atoms with Gasteiger partial charge in [-0.1, -0.05) is 37.8 Å². The number of carbonyl (C=O) groups excluding carboxylic acids is 1. The monoisotopic (exact) mass is 370 g/mol. The zero-order chi connectivity index (χ0) is 18.9. The van der Waals surface area contributed by atoms with Gasteiger partial charge in [-0.05, 0) is 31.4 Å². The Balaban J connectivity index is 1.34. The maximum Gasteiger partial charge on any atom is 0.258 e. The van der Waals surface area contributed by atoms with E-state index in [2.05, 4.69) is 20.6 Å². The van der Waals surface area contributed by atoms with E-state index in [0.717, 1.165) is 6.54 Å². The predicted octanol–water partition coefficient (Wildman–Crippen LogP) is 2.67. The summed E-state index contributed by atoms with van der Waals surface area (Å²) in [7, 11) is 0. The van der Waals surface area contributed by atoms with Crippen LogP contribution >= 0.6 is 0 Å². The van der Waals surface area contributed by atoms with E-state index >= 15 is 0 Å². The summed E-state index contributed by atoms with van der Waals surface area (Å²) in [5, 5.41) is 7.13. The zero-order valence-corrected chi connectivity index (χ0v) is 15.9. The summed E-state index contributed by atoms with van der Waals surface area (Å²) in [5.41, 5.74) is 0.579. The Morgan fingerprint density at radius 2 is 1.89 bits per heavy atom. The summed E-state index contributed by atoms with van der Waals surface area (Å²) in [6.45, 7) is 1.50. The van der Waals surface area contributed by atoms with Gasteiger partial charge in [0.1, 0.15) is 5.82 Å². The number of nitrogens with zero attached hydrogens (tertiary/aromatic N) is 1. The highest BCUT2D eigenvalue weighted by Gasteiger charge is 2.11. The first-order valence-electron chi connectivity index (χ1n) is 10.2. The zero-order valence-electron chi connectivity index (χ0n) is 15.9. The van der Waals surface area contributed by atoms with E-state index in [0.29, 0.717) is 48.6 Å². The van der Waals surface area contributed by atoms with Crippen LogP contribution in [-0.4, -0.2) is 35.0 Å². The smallest absolute Gasteiger partial charge is 0.258 e. The van der Waals surface area contributed by atoms with Gasteiger partial charge in [0.2, 0.25) is 5.91 Å². The number of benzene rings is 1. The van der Waals surface area contributed by atoms with Gasteiger partial charge in [0, 0.05) is 32.0 Å².